The Labute approximate surface area is 78.9 Å². The third kappa shape index (κ3) is 2.35. The summed E-state index contributed by atoms with van der Waals surface area (Å²) in [6.45, 7) is 1.56. The van der Waals surface area contributed by atoms with Crippen molar-refractivity contribution in [3.8, 4) is 0 Å². The number of rotatable bonds is 2. The summed E-state index contributed by atoms with van der Waals surface area (Å²) < 4.78 is 23.9. The van der Waals surface area contributed by atoms with Crippen LogP contribution in [0, 0.1) is 5.82 Å². The van der Waals surface area contributed by atoms with Crippen molar-refractivity contribution in [1.82, 2.24) is 0 Å². The van der Waals surface area contributed by atoms with Crippen molar-refractivity contribution >= 4 is 10.8 Å². The van der Waals surface area contributed by atoms with Gasteiger partial charge in [-0.15, -0.1) is 0 Å². The van der Waals surface area contributed by atoms with Gasteiger partial charge in [-0.3, -0.25) is 4.21 Å². The molecule has 0 aliphatic heterocycles. The molecule has 0 aliphatic rings. The molecule has 0 saturated carbocycles. The predicted octanol–water partition coefficient (Wildman–Crippen LogP) is 1.62. The molecular formula is C9H11FO2S. The van der Waals surface area contributed by atoms with Crippen LogP contribution < -0.4 is 0 Å². The Morgan fingerprint density at radius 1 is 1.54 bits per heavy atom. The molecule has 0 aromatic heterocycles. The van der Waals surface area contributed by atoms with Gasteiger partial charge in [0.05, 0.1) is 16.9 Å². The molecule has 1 N–H and O–H groups in total. The van der Waals surface area contributed by atoms with Gasteiger partial charge in [0.1, 0.15) is 5.82 Å². The van der Waals surface area contributed by atoms with E-state index in [0.29, 0.717) is 10.5 Å². The van der Waals surface area contributed by atoms with Crippen LogP contribution in [0.1, 0.15) is 18.6 Å². The molecule has 13 heavy (non-hydrogen) atoms. The lowest BCUT2D eigenvalue weighted by atomic mass is 10.1. The van der Waals surface area contributed by atoms with E-state index >= 15 is 0 Å². The van der Waals surface area contributed by atoms with Gasteiger partial charge in [0.2, 0.25) is 0 Å². The van der Waals surface area contributed by atoms with Gasteiger partial charge in [0.15, 0.2) is 0 Å². The Balaban J connectivity index is 3.27. The first-order chi connectivity index (χ1) is 6.02. The Morgan fingerprint density at radius 3 is 2.62 bits per heavy atom. The van der Waals surface area contributed by atoms with E-state index in [-0.39, 0.29) is 0 Å². The highest BCUT2D eigenvalue weighted by molar-refractivity contribution is 7.84. The fourth-order valence-electron chi connectivity index (χ4n) is 1.10. The average Bonchev–Trinajstić information content (AvgIpc) is 2.03. The maximum atomic E-state index is 12.8. The van der Waals surface area contributed by atoms with Crippen LogP contribution in [0.3, 0.4) is 0 Å². The normalized spacial score (nSPS) is 15.4. The average molecular weight is 202 g/mol. The van der Waals surface area contributed by atoms with E-state index in [1.807, 2.05) is 0 Å². The number of benzene rings is 1. The molecular weight excluding hydrogens is 191 g/mol. The van der Waals surface area contributed by atoms with E-state index in [0.717, 1.165) is 0 Å². The molecule has 0 spiro atoms. The van der Waals surface area contributed by atoms with Crippen molar-refractivity contribution in [1.29, 1.82) is 0 Å². The lowest BCUT2D eigenvalue weighted by Gasteiger charge is -2.09. The van der Waals surface area contributed by atoms with E-state index < -0.39 is 22.7 Å². The SMILES string of the molecule is CC(O)c1ccc(F)cc1S(C)=O. The van der Waals surface area contributed by atoms with Crippen LogP contribution in [0.2, 0.25) is 0 Å². The van der Waals surface area contributed by atoms with Gasteiger partial charge in [-0.05, 0) is 24.6 Å². The lowest BCUT2D eigenvalue weighted by molar-refractivity contribution is 0.196. The Kier molecular flexibility index (Phi) is 3.17. The van der Waals surface area contributed by atoms with Crippen LogP contribution in [-0.4, -0.2) is 15.6 Å². The van der Waals surface area contributed by atoms with Crippen LogP contribution in [0.25, 0.3) is 0 Å². The highest BCUT2D eigenvalue weighted by Crippen LogP contribution is 2.21. The first kappa shape index (κ1) is 10.3. The van der Waals surface area contributed by atoms with Gasteiger partial charge in [-0.2, -0.15) is 0 Å². The van der Waals surface area contributed by atoms with E-state index in [2.05, 4.69) is 0 Å². The molecule has 0 aliphatic carbocycles. The summed E-state index contributed by atoms with van der Waals surface area (Å²) in [4.78, 5) is 0.356. The van der Waals surface area contributed by atoms with E-state index in [4.69, 9.17) is 0 Å². The minimum atomic E-state index is -1.27. The van der Waals surface area contributed by atoms with Crippen molar-refractivity contribution in [3.63, 3.8) is 0 Å². The topological polar surface area (TPSA) is 37.3 Å². The van der Waals surface area contributed by atoms with Crippen LogP contribution >= 0.6 is 0 Å². The summed E-state index contributed by atoms with van der Waals surface area (Å²) in [5, 5.41) is 9.29. The lowest BCUT2D eigenvalue weighted by Crippen LogP contribution is -2.00. The van der Waals surface area contributed by atoms with Gasteiger partial charge in [0, 0.05) is 11.2 Å². The third-order valence-electron chi connectivity index (χ3n) is 1.74. The van der Waals surface area contributed by atoms with Crippen LogP contribution in [0.4, 0.5) is 4.39 Å². The van der Waals surface area contributed by atoms with Gasteiger partial charge in [-0.1, -0.05) is 6.07 Å². The third-order valence-corrected chi connectivity index (χ3v) is 2.71. The number of aliphatic hydroxyl groups is 1. The van der Waals surface area contributed by atoms with Crippen molar-refractivity contribution in [3.05, 3.63) is 29.6 Å². The highest BCUT2D eigenvalue weighted by Gasteiger charge is 2.11. The van der Waals surface area contributed by atoms with Crippen molar-refractivity contribution < 1.29 is 13.7 Å². The molecule has 0 saturated heterocycles. The smallest absolute Gasteiger partial charge is 0.124 e. The van der Waals surface area contributed by atoms with Gasteiger partial charge >= 0.3 is 0 Å². The van der Waals surface area contributed by atoms with E-state index in [9.17, 15) is 13.7 Å². The monoisotopic (exact) mass is 202 g/mol. The van der Waals surface area contributed by atoms with Gasteiger partial charge in [0.25, 0.3) is 0 Å². The minimum Gasteiger partial charge on any atom is -0.389 e. The highest BCUT2D eigenvalue weighted by atomic mass is 32.2. The molecule has 2 nitrogen and oxygen atoms in total. The van der Waals surface area contributed by atoms with Gasteiger partial charge < -0.3 is 5.11 Å². The fourth-order valence-corrected chi connectivity index (χ4v) is 1.95. The van der Waals surface area contributed by atoms with E-state index in [1.54, 1.807) is 6.92 Å². The molecule has 0 fully saturated rings. The molecule has 0 heterocycles. The summed E-state index contributed by atoms with van der Waals surface area (Å²) in [5.74, 6) is -0.436. The standard InChI is InChI=1S/C9H11FO2S/c1-6(11)8-4-3-7(10)5-9(8)13(2)12/h3-6,11H,1-2H3. The number of hydrogen-bond donors (Lipinski definition) is 1. The molecule has 2 unspecified atom stereocenters. The summed E-state index contributed by atoms with van der Waals surface area (Å²) in [6.07, 6.45) is 0.736. The quantitative estimate of drug-likeness (QED) is 0.791. The van der Waals surface area contributed by atoms with Crippen molar-refractivity contribution in [2.45, 2.75) is 17.9 Å². The maximum Gasteiger partial charge on any atom is 0.124 e. The molecule has 0 bridgehead atoms. The zero-order valence-electron chi connectivity index (χ0n) is 7.45. The minimum absolute atomic E-state index is 0.356. The fraction of sp³-hybridized carbons (Fsp3) is 0.333. The molecule has 4 heteroatoms. The largest absolute Gasteiger partial charge is 0.389 e. The van der Waals surface area contributed by atoms with Crippen LogP contribution in [0.15, 0.2) is 23.1 Å². The number of aliphatic hydroxyl groups excluding tert-OH is 1. The van der Waals surface area contributed by atoms with Crippen molar-refractivity contribution in [2.24, 2.45) is 0 Å². The predicted molar refractivity (Wildman–Crippen MR) is 49.4 cm³/mol. The molecule has 0 radical (unpaired) electrons. The van der Waals surface area contributed by atoms with E-state index in [1.165, 1.54) is 24.5 Å². The molecule has 1 aromatic rings. The first-order valence-corrected chi connectivity index (χ1v) is 5.39. The summed E-state index contributed by atoms with van der Waals surface area (Å²) in [6, 6.07) is 3.90. The molecule has 1 rings (SSSR count). The van der Waals surface area contributed by atoms with Crippen molar-refractivity contribution in [2.75, 3.05) is 6.26 Å². The second-order valence-corrected chi connectivity index (χ2v) is 4.16. The van der Waals surface area contributed by atoms with Crippen LogP contribution in [-0.2, 0) is 10.8 Å². The molecule has 0 amide bonds. The zero-order chi connectivity index (χ0) is 10.0. The Hall–Kier alpha value is -0.740. The Bertz CT molecular complexity index is 336. The molecule has 1 aromatic carbocycles. The summed E-state index contributed by atoms with van der Waals surface area (Å²) in [7, 11) is -1.27. The summed E-state index contributed by atoms with van der Waals surface area (Å²) in [5.41, 5.74) is 0.516. The van der Waals surface area contributed by atoms with Crippen LogP contribution in [0.5, 0.6) is 0 Å². The number of halogens is 1. The second kappa shape index (κ2) is 3.98. The Morgan fingerprint density at radius 2 is 2.15 bits per heavy atom. The van der Waals surface area contributed by atoms with Gasteiger partial charge in [-0.25, -0.2) is 4.39 Å². The maximum absolute atomic E-state index is 12.8. The first-order valence-electron chi connectivity index (χ1n) is 3.83. The molecule has 72 valence electrons. The zero-order valence-corrected chi connectivity index (χ0v) is 8.27. The second-order valence-electron chi connectivity index (χ2n) is 2.81. The molecule has 2 atom stereocenters. The summed E-state index contributed by atoms with van der Waals surface area (Å²) >= 11 is 0. The number of hydrogen-bond acceptors (Lipinski definition) is 2.